The van der Waals surface area contributed by atoms with E-state index in [1.807, 2.05) is 6.92 Å². The molecule has 2 nitrogen and oxygen atoms in total. The molecule has 1 N–H and O–H groups in total. The Kier molecular flexibility index (Phi) is 4.70. The summed E-state index contributed by atoms with van der Waals surface area (Å²) in [5.74, 6) is -0.908. The van der Waals surface area contributed by atoms with Crippen LogP contribution in [0.25, 0.3) is 0 Å². The van der Waals surface area contributed by atoms with E-state index in [0.29, 0.717) is 24.2 Å². The minimum absolute atomic E-state index is 0.120. The molecule has 2 rings (SSSR count). The minimum atomic E-state index is -0.514. The predicted octanol–water partition coefficient (Wildman–Crippen LogP) is 3.41. The highest BCUT2D eigenvalue weighted by molar-refractivity contribution is 9.10. The van der Waals surface area contributed by atoms with Gasteiger partial charge in [-0.1, -0.05) is 22.9 Å². The Labute approximate surface area is 114 Å². The quantitative estimate of drug-likeness (QED) is 0.918. The highest BCUT2D eigenvalue weighted by atomic mass is 79.9. The minimum Gasteiger partial charge on any atom is -0.381 e. The van der Waals surface area contributed by atoms with Crippen molar-refractivity contribution < 1.29 is 13.5 Å². The summed E-state index contributed by atoms with van der Waals surface area (Å²) in [5, 5.41) is 3.17. The van der Waals surface area contributed by atoms with E-state index in [4.69, 9.17) is 4.74 Å². The molecular formula is C13H16BrF2NO. The first-order chi connectivity index (χ1) is 8.63. The van der Waals surface area contributed by atoms with E-state index in [2.05, 4.69) is 21.2 Å². The summed E-state index contributed by atoms with van der Waals surface area (Å²) in [6, 6.07) is 2.28. The van der Waals surface area contributed by atoms with Crippen LogP contribution in [0.1, 0.15) is 24.9 Å². The van der Waals surface area contributed by atoms with E-state index >= 15 is 0 Å². The van der Waals surface area contributed by atoms with Crippen molar-refractivity contribution in [3.8, 4) is 0 Å². The summed E-state index contributed by atoms with van der Waals surface area (Å²) in [6.45, 7) is 3.80. The van der Waals surface area contributed by atoms with Crippen molar-refractivity contribution in [2.24, 2.45) is 5.92 Å². The fourth-order valence-corrected chi connectivity index (χ4v) is 2.79. The lowest BCUT2D eigenvalue weighted by molar-refractivity contribution is 0.176. The summed E-state index contributed by atoms with van der Waals surface area (Å²) >= 11 is 3.09. The van der Waals surface area contributed by atoms with Crippen LogP contribution in [0.3, 0.4) is 0 Å². The van der Waals surface area contributed by atoms with Gasteiger partial charge in [-0.3, -0.25) is 0 Å². The van der Waals surface area contributed by atoms with E-state index in [9.17, 15) is 8.78 Å². The third-order valence-corrected chi connectivity index (χ3v) is 3.67. The lowest BCUT2D eigenvalue weighted by Gasteiger charge is -2.24. The van der Waals surface area contributed by atoms with E-state index < -0.39 is 11.6 Å². The van der Waals surface area contributed by atoms with Gasteiger partial charge in [0.15, 0.2) is 0 Å². The Morgan fingerprint density at radius 2 is 2.11 bits per heavy atom. The molecular weight excluding hydrogens is 304 g/mol. The summed E-state index contributed by atoms with van der Waals surface area (Å²) in [7, 11) is 0. The van der Waals surface area contributed by atoms with Crippen molar-refractivity contribution >= 4 is 15.9 Å². The van der Waals surface area contributed by atoms with Gasteiger partial charge in [-0.15, -0.1) is 0 Å². The van der Waals surface area contributed by atoms with Crippen LogP contribution in [-0.2, 0) is 4.74 Å². The summed E-state index contributed by atoms with van der Waals surface area (Å²) in [6.07, 6.45) is 0.826. The third-order valence-electron chi connectivity index (χ3n) is 3.22. The fourth-order valence-electron chi connectivity index (χ4n) is 2.39. The molecule has 100 valence electrons. The first-order valence-corrected chi connectivity index (χ1v) is 6.88. The number of halogens is 3. The average Bonchev–Trinajstić information content (AvgIpc) is 2.79. The highest BCUT2D eigenvalue weighted by Gasteiger charge is 2.30. The summed E-state index contributed by atoms with van der Waals surface area (Å²) in [4.78, 5) is 0. The fraction of sp³-hybridized carbons (Fsp3) is 0.538. The molecule has 2 unspecified atom stereocenters. The van der Waals surface area contributed by atoms with Crippen LogP contribution in [-0.4, -0.2) is 19.8 Å². The van der Waals surface area contributed by atoms with E-state index in [1.54, 1.807) is 0 Å². The zero-order valence-electron chi connectivity index (χ0n) is 10.2. The molecule has 1 aliphatic rings. The second-order valence-electron chi connectivity index (χ2n) is 4.44. The molecule has 0 amide bonds. The average molecular weight is 320 g/mol. The number of hydrogen-bond acceptors (Lipinski definition) is 2. The Hall–Kier alpha value is -0.520. The zero-order chi connectivity index (χ0) is 13.1. The van der Waals surface area contributed by atoms with Gasteiger partial charge in [-0.05, 0) is 25.1 Å². The Bertz CT molecular complexity index is 398. The molecule has 0 aromatic heterocycles. The lowest BCUT2D eigenvalue weighted by Crippen LogP contribution is -2.30. The van der Waals surface area contributed by atoms with Gasteiger partial charge in [0, 0.05) is 28.6 Å². The molecule has 1 aromatic carbocycles. The van der Waals surface area contributed by atoms with Gasteiger partial charge < -0.3 is 10.1 Å². The van der Waals surface area contributed by atoms with Crippen LogP contribution in [0.15, 0.2) is 16.6 Å². The number of benzene rings is 1. The maximum Gasteiger partial charge on any atom is 0.132 e. The maximum atomic E-state index is 14.0. The largest absolute Gasteiger partial charge is 0.381 e. The van der Waals surface area contributed by atoms with Crippen LogP contribution < -0.4 is 5.32 Å². The number of nitrogens with one attached hydrogen (secondary N) is 1. The van der Waals surface area contributed by atoms with E-state index in [-0.39, 0.29) is 17.5 Å². The van der Waals surface area contributed by atoms with Crippen LogP contribution >= 0.6 is 15.9 Å². The normalized spacial score (nSPS) is 21.2. The topological polar surface area (TPSA) is 21.3 Å². The lowest BCUT2D eigenvalue weighted by atomic mass is 9.91. The van der Waals surface area contributed by atoms with Gasteiger partial charge >= 0.3 is 0 Å². The Balaban J connectivity index is 2.35. The maximum absolute atomic E-state index is 14.0. The number of rotatable bonds is 4. The predicted molar refractivity (Wildman–Crippen MR) is 69.4 cm³/mol. The smallest absolute Gasteiger partial charge is 0.132 e. The summed E-state index contributed by atoms with van der Waals surface area (Å²) in [5.41, 5.74) is 0.121. The van der Waals surface area contributed by atoms with Crippen molar-refractivity contribution in [3.63, 3.8) is 0 Å². The molecule has 1 aliphatic heterocycles. The molecule has 0 aliphatic carbocycles. The molecule has 0 radical (unpaired) electrons. The Morgan fingerprint density at radius 3 is 2.61 bits per heavy atom. The molecule has 1 heterocycles. The van der Waals surface area contributed by atoms with Crippen molar-refractivity contribution in [1.29, 1.82) is 0 Å². The molecule has 0 bridgehead atoms. The molecule has 0 saturated carbocycles. The van der Waals surface area contributed by atoms with Crippen LogP contribution in [0, 0.1) is 17.6 Å². The monoisotopic (exact) mass is 319 g/mol. The SMILES string of the molecule is CCNC(c1c(F)cc(Br)cc1F)C1CCOC1. The zero-order valence-corrected chi connectivity index (χ0v) is 11.8. The molecule has 2 atom stereocenters. The van der Waals surface area contributed by atoms with Crippen molar-refractivity contribution in [2.75, 3.05) is 19.8 Å². The second kappa shape index (κ2) is 6.08. The van der Waals surface area contributed by atoms with Crippen molar-refractivity contribution in [2.45, 2.75) is 19.4 Å². The van der Waals surface area contributed by atoms with Gasteiger partial charge in [0.25, 0.3) is 0 Å². The van der Waals surface area contributed by atoms with Crippen LogP contribution in [0.5, 0.6) is 0 Å². The van der Waals surface area contributed by atoms with Gasteiger partial charge in [0.1, 0.15) is 11.6 Å². The standard InChI is InChI=1S/C13H16BrF2NO/c1-2-17-13(8-3-4-18-7-8)12-10(15)5-9(14)6-11(12)16/h5-6,8,13,17H,2-4,7H2,1H3. The van der Waals surface area contributed by atoms with E-state index in [1.165, 1.54) is 12.1 Å². The summed E-state index contributed by atoms with van der Waals surface area (Å²) < 4.78 is 33.7. The molecule has 1 fully saturated rings. The van der Waals surface area contributed by atoms with Crippen molar-refractivity contribution in [1.82, 2.24) is 5.32 Å². The van der Waals surface area contributed by atoms with Gasteiger partial charge in [-0.2, -0.15) is 0 Å². The van der Waals surface area contributed by atoms with Crippen molar-refractivity contribution in [3.05, 3.63) is 33.8 Å². The van der Waals surface area contributed by atoms with Gasteiger partial charge in [0.05, 0.1) is 6.61 Å². The van der Waals surface area contributed by atoms with Crippen LogP contribution in [0.4, 0.5) is 8.78 Å². The van der Waals surface area contributed by atoms with Gasteiger partial charge in [0.2, 0.25) is 0 Å². The van der Waals surface area contributed by atoms with Gasteiger partial charge in [-0.25, -0.2) is 8.78 Å². The highest BCUT2D eigenvalue weighted by Crippen LogP contribution is 2.33. The molecule has 1 saturated heterocycles. The van der Waals surface area contributed by atoms with Crippen LogP contribution in [0.2, 0.25) is 0 Å². The first-order valence-electron chi connectivity index (χ1n) is 6.09. The van der Waals surface area contributed by atoms with E-state index in [0.717, 1.165) is 6.42 Å². The molecule has 5 heteroatoms. The number of hydrogen-bond donors (Lipinski definition) is 1. The molecule has 0 spiro atoms. The first kappa shape index (κ1) is 13.9. The second-order valence-corrected chi connectivity index (χ2v) is 5.36. The number of ether oxygens (including phenoxy) is 1. The molecule has 18 heavy (non-hydrogen) atoms. The molecule has 1 aromatic rings. The third kappa shape index (κ3) is 2.90. The Morgan fingerprint density at radius 1 is 1.44 bits per heavy atom.